The fourth-order valence-corrected chi connectivity index (χ4v) is 3.59. The number of primary sulfonamides is 1. The van der Waals surface area contributed by atoms with Crippen LogP contribution in [0.2, 0.25) is 5.15 Å². The third-order valence-corrected chi connectivity index (χ3v) is 5.69. The van der Waals surface area contributed by atoms with Crippen LogP contribution in [0.5, 0.6) is 0 Å². The van der Waals surface area contributed by atoms with Gasteiger partial charge in [-0.05, 0) is 29.7 Å². The first-order chi connectivity index (χ1) is 11.3. The van der Waals surface area contributed by atoms with Crippen LogP contribution in [0, 0.1) is 5.92 Å². The summed E-state index contributed by atoms with van der Waals surface area (Å²) in [5.74, 6) is 2.02. The zero-order valence-corrected chi connectivity index (χ0v) is 15.7. The van der Waals surface area contributed by atoms with Gasteiger partial charge in [0.05, 0.1) is 4.90 Å². The van der Waals surface area contributed by atoms with Crippen LogP contribution in [0.15, 0.2) is 40.4 Å². The molecule has 0 atom stereocenters. The van der Waals surface area contributed by atoms with Crippen molar-refractivity contribution in [1.29, 1.82) is 0 Å². The lowest BCUT2D eigenvalue weighted by molar-refractivity contribution is 0.597. The molecule has 6 nitrogen and oxygen atoms in total. The molecule has 9 heteroatoms. The van der Waals surface area contributed by atoms with E-state index >= 15 is 0 Å². The van der Waals surface area contributed by atoms with Gasteiger partial charge in [-0.3, -0.25) is 0 Å². The number of hydrogen-bond acceptors (Lipinski definition) is 6. The Hall–Kier alpha value is -1.35. The molecule has 0 aliphatic rings. The Labute approximate surface area is 151 Å². The smallest absolute Gasteiger partial charge is 0.238 e. The summed E-state index contributed by atoms with van der Waals surface area (Å²) >= 11 is 7.51. The first-order valence-corrected chi connectivity index (χ1v) is 10.2. The van der Waals surface area contributed by atoms with Crippen LogP contribution in [0.3, 0.4) is 0 Å². The first kappa shape index (κ1) is 19.0. The average Bonchev–Trinajstić information content (AvgIpc) is 2.50. The van der Waals surface area contributed by atoms with Crippen molar-refractivity contribution in [1.82, 2.24) is 9.97 Å². The second kappa shape index (κ2) is 8.15. The summed E-state index contributed by atoms with van der Waals surface area (Å²) in [6.07, 6.45) is 1.36. The number of benzene rings is 1. The van der Waals surface area contributed by atoms with E-state index in [1.165, 1.54) is 12.4 Å². The van der Waals surface area contributed by atoms with Crippen molar-refractivity contribution in [3.63, 3.8) is 0 Å². The second-order valence-corrected chi connectivity index (χ2v) is 8.61. The van der Waals surface area contributed by atoms with E-state index in [2.05, 4.69) is 29.1 Å². The Morgan fingerprint density at radius 1 is 1.29 bits per heavy atom. The van der Waals surface area contributed by atoms with Crippen molar-refractivity contribution < 1.29 is 8.42 Å². The van der Waals surface area contributed by atoms with Crippen LogP contribution >= 0.6 is 23.4 Å². The molecule has 0 radical (unpaired) electrons. The minimum Gasteiger partial charge on any atom is -0.366 e. The molecule has 130 valence electrons. The van der Waals surface area contributed by atoms with Gasteiger partial charge < -0.3 is 5.32 Å². The Balaban J connectivity index is 2.25. The normalized spacial score (nSPS) is 11.7. The molecule has 0 aliphatic carbocycles. The lowest BCUT2D eigenvalue weighted by Gasteiger charge is -2.13. The zero-order valence-electron chi connectivity index (χ0n) is 13.4. The summed E-state index contributed by atoms with van der Waals surface area (Å²) in [7, 11) is -3.75. The highest BCUT2D eigenvalue weighted by atomic mass is 35.5. The van der Waals surface area contributed by atoms with Gasteiger partial charge in [-0.15, -0.1) is 11.8 Å². The van der Waals surface area contributed by atoms with Gasteiger partial charge in [0.25, 0.3) is 0 Å². The number of rotatable bonds is 7. The van der Waals surface area contributed by atoms with Crippen LogP contribution in [-0.4, -0.2) is 24.1 Å². The molecule has 0 saturated carbocycles. The van der Waals surface area contributed by atoms with E-state index in [0.29, 0.717) is 23.4 Å². The predicted molar refractivity (Wildman–Crippen MR) is 97.7 cm³/mol. The largest absolute Gasteiger partial charge is 0.366 e. The Bertz CT molecular complexity index is 813. The van der Waals surface area contributed by atoms with Crippen LogP contribution in [0.1, 0.15) is 19.4 Å². The zero-order chi connectivity index (χ0) is 17.7. The standard InChI is InChI=1S/C15H19ClN4O2S2/c1-10(2)8-23-13-4-3-12(24(17,21)22)5-11(13)7-18-15-6-14(16)19-9-20-15/h3-6,9-10H,7-8H2,1-2H3,(H2,17,21,22)(H,18,19,20). The average molecular weight is 387 g/mol. The van der Waals surface area contributed by atoms with Crippen molar-refractivity contribution in [2.24, 2.45) is 11.1 Å². The molecule has 24 heavy (non-hydrogen) atoms. The summed E-state index contributed by atoms with van der Waals surface area (Å²) in [6.45, 7) is 4.66. The summed E-state index contributed by atoms with van der Waals surface area (Å²) in [5.41, 5.74) is 0.835. The first-order valence-electron chi connectivity index (χ1n) is 7.25. The van der Waals surface area contributed by atoms with E-state index in [-0.39, 0.29) is 4.90 Å². The lowest BCUT2D eigenvalue weighted by Crippen LogP contribution is -2.13. The molecule has 1 aromatic heterocycles. The maximum absolute atomic E-state index is 11.6. The molecule has 1 aromatic carbocycles. The summed E-state index contributed by atoms with van der Waals surface area (Å²) in [6, 6.07) is 6.51. The quantitative estimate of drug-likeness (QED) is 0.560. The molecule has 0 unspecified atom stereocenters. The highest BCUT2D eigenvalue weighted by Gasteiger charge is 2.12. The van der Waals surface area contributed by atoms with Crippen LogP contribution < -0.4 is 10.5 Å². The number of sulfonamides is 1. The van der Waals surface area contributed by atoms with Gasteiger partial charge in [-0.1, -0.05) is 25.4 Å². The third kappa shape index (κ3) is 5.62. The molecule has 2 rings (SSSR count). The molecule has 1 heterocycles. The van der Waals surface area contributed by atoms with E-state index in [1.807, 2.05) is 0 Å². The third-order valence-electron chi connectivity index (χ3n) is 3.03. The lowest BCUT2D eigenvalue weighted by atomic mass is 10.2. The maximum Gasteiger partial charge on any atom is 0.238 e. The number of aromatic nitrogens is 2. The van der Waals surface area contributed by atoms with Crippen molar-refractivity contribution in [2.45, 2.75) is 30.2 Å². The van der Waals surface area contributed by atoms with Crippen molar-refractivity contribution in [3.05, 3.63) is 41.3 Å². The maximum atomic E-state index is 11.6. The highest BCUT2D eigenvalue weighted by Crippen LogP contribution is 2.27. The van der Waals surface area contributed by atoms with Crippen LogP contribution in [-0.2, 0) is 16.6 Å². The van der Waals surface area contributed by atoms with Gasteiger partial charge in [-0.25, -0.2) is 23.5 Å². The minimum atomic E-state index is -3.75. The topological polar surface area (TPSA) is 98.0 Å². The van der Waals surface area contributed by atoms with Gasteiger partial charge in [0.15, 0.2) is 0 Å². The summed E-state index contributed by atoms with van der Waals surface area (Å²) in [4.78, 5) is 8.99. The molecule has 0 saturated heterocycles. The molecule has 0 amide bonds. The van der Waals surface area contributed by atoms with Crippen molar-refractivity contribution in [2.75, 3.05) is 11.1 Å². The van der Waals surface area contributed by atoms with Gasteiger partial charge in [0.2, 0.25) is 10.0 Å². The molecule has 3 N–H and O–H groups in total. The Morgan fingerprint density at radius 2 is 2.04 bits per heavy atom. The molecule has 0 bridgehead atoms. The SMILES string of the molecule is CC(C)CSc1ccc(S(N)(=O)=O)cc1CNc1cc(Cl)ncn1. The van der Waals surface area contributed by atoms with E-state index in [0.717, 1.165) is 16.2 Å². The fraction of sp³-hybridized carbons (Fsp3) is 0.333. The number of nitrogens with two attached hydrogens (primary N) is 1. The fourth-order valence-electron chi connectivity index (χ4n) is 1.88. The number of nitrogens with one attached hydrogen (secondary N) is 1. The Morgan fingerprint density at radius 3 is 2.67 bits per heavy atom. The van der Waals surface area contributed by atoms with Gasteiger partial charge >= 0.3 is 0 Å². The molecule has 0 fully saturated rings. The molecular formula is C15H19ClN4O2S2. The number of nitrogens with zero attached hydrogens (tertiary/aromatic N) is 2. The molecule has 2 aromatic rings. The summed E-state index contributed by atoms with van der Waals surface area (Å²) in [5, 5.41) is 8.69. The van der Waals surface area contributed by atoms with E-state index in [4.69, 9.17) is 16.7 Å². The second-order valence-electron chi connectivity index (χ2n) is 5.60. The Kier molecular flexibility index (Phi) is 6.45. The molecule has 0 spiro atoms. The summed E-state index contributed by atoms with van der Waals surface area (Å²) < 4.78 is 23.2. The van der Waals surface area contributed by atoms with E-state index in [1.54, 1.807) is 30.0 Å². The van der Waals surface area contributed by atoms with E-state index in [9.17, 15) is 8.42 Å². The minimum absolute atomic E-state index is 0.0916. The van der Waals surface area contributed by atoms with Crippen molar-refractivity contribution >= 4 is 39.2 Å². The van der Waals surface area contributed by atoms with Crippen molar-refractivity contribution in [3.8, 4) is 0 Å². The van der Waals surface area contributed by atoms with Gasteiger partial charge in [-0.2, -0.15) is 0 Å². The van der Waals surface area contributed by atoms with E-state index < -0.39 is 10.0 Å². The highest BCUT2D eigenvalue weighted by molar-refractivity contribution is 7.99. The molecule has 0 aliphatic heterocycles. The van der Waals surface area contributed by atoms with Gasteiger partial charge in [0.1, 0.15) is 17.3 Å². The number of hydrogen-bond donors (Lipinski definition) is 2. The number of thioether (sulfide) groups is 1. The number of anilines is 1. The van der Waals surface area contributed by atoms with Crippen LogP contribution in [0.4, 0.5) is 5.82 Å². The predicted octanol–water partition coefficient (Wildman–Crippen LogP) is 3.14. The monoisotopic (exact) mass is 386 g/mol. The van der Waals surface area contributed by atoms with Gasteiger partial charge in [0, 0.05) is 23.3 Å². The van der Waals surface area contributed by atoms with Crippen LogP contribution in [0.25, 0.3) is 0 Å². The number of halogens is 1. The molecular weight excluding hydrogens is 368 g/mol.